The molecule has 6 heteroatoms. The van der Waals surface area contributed by atoms with E-state index in [1.54, 1.807) is 0 Å². The van der Waals surface area contributed by atoms with Crippen molar-refractivity contribution < 1.29 is 8.78 Å². The van der Waals surface area contributed by atoms with Crippen LogP contribution in [0.2, 0.25) is 5.02 Å². The lowest BCUT2D eigenvalue weighted by atomic mass is 9.92. The molecule has 0 spiro atoms. The number of halogens is 3. The highest BCUT2D eigenvalue weighted by Gasteiger charge is 2.25. The molecule has 24 heavy (non-hydrogen) atoms. The Morgan fingerprint density at radius 3 is 2.96 bits per heavy atom. The highest BCUT2D eigenvalue weighted by Crippen LogP contribution is 2.30. The van der Waals surface area contributed by atoms with Gasteiger partial charge in [-0.1, -0.05) is 11.6 Å². The molecule has 2 aromatic rings. The van der Waals surface area contributed by atoms with Crippen molar-refractivity contribution >= 4 is 11.6 Å². The van der Waals surface area contributed by atoms with Crippen molar-refractivity contribution in [3.63, 3.8) is 0 Å². The molecule has 0 saturated carbocycles. The number of nitrogens with one attached hydrogen (secondary N) is 1. The van der Waals surface area contributed by atoms with Crippen LogP contribution in [-0.4, -0.2) is 15.8 Å². The third kappa shape index (κ3) is 3.33. The van der Waals surface area contributed by atoms with Crippen LogP contribution >= 0.6 is 11.6 Å². The Morgan fingerprint density at radius 1 is 1.42 bits per heavy atom. The fraction of sp³-hybridized carbons (Fsp3) is 0.500. The minimum absolute atomic E-state index is 0.0391. The van der Waals surface area contributed by atoms with Crippen LogP contribution in [0.4, 0.5) is 8.78 Å². The van der Waals surface area contributed by atoms with Crippen molar-refractivity contribution in [1.29, 1.82) is 0 Å². The molecule has 0 bridgehead atoms. The second-order valence-corrected chi connectivity index (χ2v) is 6.81. The molecule has 1 aromatic heterocycles. The number of rotatable bonds is 5. The van der Waals surface area contributed by atoms with E-state index in [0.717, 1.165) is 25.8 Å². The van der Waals surface area contributed by atoms with Crippen LogP contribution in [0.25, 0.3) is 0 Å². The average Bonchev–Trinajstić information content (AvgIpc) is 2.99. The van der Waals surface area contributed by atoms with E-state index >= 15 is 0 Å². The molecule has 0 radical (unpaired) electrons. The first-order valence-corrected chi connectivity index (χ1v) is 8.82. The summed E-state index contributed by atoms with van der Waals surface area (Å²) in [7, 11) is 0. The standard InChI is InChI=1S/C18H22ClF2N3/c1-3-24-17-6-4-5-16(13(17)10-22-24)23-11(2)9-12-15(20)8-7-14(19)18(12)21/h7-8,10-11,16,23H,3-6,9H2,1-2H3. The predicted octanol–water partition coefficient (Wildman–Crippen LogP) is 4.43. The summed E-state index contributed by atoms with van der Waals surface area (Å²) in [5, 5.41) is 7.90. The SMILES string of the molecule is CCn1ncc2c1CCCC2NC(C)Cc1c(F)ccc(Cl)c1F. The van der Waals surface area contributed by atoms with Crippen LogP contribution in [0.15, 0.2) is 18.3 Å². The summed E-state index contributed by atoms with van der Waals surface area (Å²) in [6.07, 6.45) is 5.30. The molecule has 0 saturated heterocycles. The molecule has 0 fully saturated rings. The van der Waals surface area contributed by atoms with Gasteiger partial charge in [-0.15, -0.1) is 0 Å². The van der Waals surface area contributed by atoms with Crippen LogP contribution < -0.4 is 5.32 Å². The van der Waals surface area contributed by atoms with Crippen molar-refractivity contribution in [2.24, 2.45) is 0 Å². The van der Waals surface area contributed by atoms with E-state index in [2.05, 4.69) is 17.3 Å². The van der Waals surface area contributed by atoms with E-state index < -0.39 is 11.6 Å². The first-order valence-electron chi connectivity index (χ1n) is 8.44. The Kier molecular flexibility index (Phi) is 5.21. The van der Waals surface area contributed by atoms with Crippen molar-refractivity contribution in [3.05, 3.63) is 51.8 Å². The summed E-state index contributed by atoms with van der Waals surface area (Å²) < 4.78 is 30.0. The number of hydrogen-bond donors (Lipinski definition) is 1. The van der Waals surface area contributed by atoms with Gasteiger partial charge in [0.1, 0.15) is 11.6 Å². The first-order chi connectivity index (χ1) is 11.5. The van der Waals surface area contributed by atoms with Gasteiger partial charge in [-0.25, -0.2) is 8.78 Å². The number of aryl methyl sites for hydroxylation is 1. The van der Waals surface area contributed by atoms with E-state index in [4.69, 9.17) is 11.6 Å². The molecule has 130 valence electrons. The quantitative estimate of drug-likeness (QED) is 0.806. The first kappa shape index (κ1) is 17.4. The maximum atomic E-state index is 14.1. The maximum Gasteiger partial charge on any atom is 0.147 e. The minimum atomic E-state index is -0.659. The zero-order valence-electron chi connectivity index (χ0n) is 14.0. The third-order valence-corrected chi connectivity index (χ3v) is 4.99. The summed E-state index contributed by atoms with van der Waals surface area (Å²) in [4.78, 5) is 0. The van der Waals surface area contributed by atoms with E-state index in [0.29, 0.717) is 0 Å². The number of fused-ring (bicyclic) bond motifs is 1. The molecule has 1 N–H and O–H groups in total. The van der Waals surface area contributed by atoms with Gasteiger partial charge in [0.15, 0.2) is 0 Å². The van der Waals surface area contributed by atoms with Crippen molar-refractivity contribution in [1.82, 2.24) is 15.1 Å². The lowest BCUT2D eigenvalue weighted by molar-refractivity contribution is 0.395. The van der Waals surface area contributed by atoms with Crippen LogP contribution in [0, 0.1) is 11.6 Å². The normalized spacial score (nSPS) is 18.5. The molecular weight excluding hydrogens is 332 g/mol. The van der Waals surface area contributed by atoms with Gasteiger partial charge < -0.3 is 5.32 Å². The second-order valence-electron chi connectivity index (χ2n) is 6.40. The van der Waals surface area contributed by atoms with Crippen LogP contribution in [-0.2, 0) is 19.4 Å². The number of aromatic nitrogens is 2. The molecule has 1 heterocycles. The van der Waals surface area contributed by atoms with Crippen molar-refractivity contribution in [2.75, 3.05) is 0 Å². The van der Waals surface area contributed by atoms with E-state index in [9.17, 15) is 8.78 Å². The number of benzene rings is 1. The van der Waals surface area contributed by atoms with E-state index in [-0.39, 0.29) is 29.1 Å². The molecule has 3 rings (SSSR count). The molecule has 1 aliphatic rings. The lowest BCUT2D eigenvalue weighted by Crippen LogP contribution is -2.34. The predicted molar refractivity (Wildman–Crippen MR) is 91.2 cm³/mol. The molecule has 2 atom stereocenters. The Labute approximate surface area is 146 Å². The zero-order valence-corrected chi connectivity index (χ0v) is 14.7. The molecule has 3 nitrogen and oxygen atoms in total. The summed E-state index contributed by atoms with van der Waals surface area (Å²) in [6.45, 7) is 4.88. The maximum absolute atomic E-state index is 14.1. The second kappa shape index (κ2) is 7.19. The third-order valence-electron chi connectivity index (χ3n) is 4.70. The van der Waals surface area contributed by atoms with Crippen molar-refractivity contribution in [2.45, 2.75) is 58.2 Å². The monoisotopic (exact) mass is 353 g/mol. The van der Waals surface area contributed by atoms with Gasteiger partial charge in [-0.05, 0) is 51.7 Å². The largest absolute Gasteiger partial charge is 0.307 e. The topological polar surface area (TPSA) is 29.9 Å². The van der Waals surface area contributed by atoms with Crippen LogP contribution in [0.1, 0.15) is 49.6 Å². The summed E-state index contributed by atoms with van der Waals surface area (Å²) >= 11 is 5.77. The van der Waals surface area contributed by atoms with Crippen LogP contribution in [0.5, 0.6) is 0 Å². The zero-order chi connectivity index (χ0) is 17.3. The molecule has 0 aliphatic heterocycles. The van der Waals surface area contributed by atoms with Gasteiger partial charge in [-0.3, -0.25) is 4.68 Å². The van der Waals surface area contributed by atoms with Gasteiger partial charge in [0, 0.05) is 35.4 Å². The average molecular weight is 354 g/mol. The summed E-state index contributed by atoms with van der Waals surface area (Å²) in [6, 6.07) is 2.57. The fourth-order valence-electron chi connectivity index (χ4n) is 3.53. The Hall–Kier alpha value is -1.46. The van der Waals surface area contributed by atoms with E-state index in [1.807, 2.05) is 17.8 Å². The fourth-order valence-corrected chi connectivity index (χ4v) is 3.71. The molecule has 0 amide bonds. The van der Waals surface area contributed by atoms with Crippen molar-refractivity contribution in [3.8, 4) is 0 Å². The molecular formula is C18H22ClF2N3. The molecule has 1 aliphatic carbocycles. The summed E-state index contributed by atoms with van der Waals surface area (Å²) in [5.41, 5.74) is 2.53. The lowest BCUT2D eigenvalue weighted by Gasteiger charge is -2.27. The Morgan fingerprint density at radius 2 is 2.21 bits per heavy atom. The smallest absolute Gasteiger partial charge is 0.147 e. The van der Waals surface area contributed by atoms with Crippen LogP contribution in [0.3, 0.4) is 0 Å². The summed E-state index contributed by atoms with van der Waals surface area (Å²) in [5.74, 6) is -1.21. The Balaban J connectivity index is 1.74. The highest BCUT2D eigenvalue weighted by molar-refractivity contribution is 6.30. The number of hydrogen-bond acceptors (Lipinski definition) is 2. The highest BCUT2D eigenvalue weighted by atomic mass is 35.5. The molecule has 2 unspecified atom stereocenters. The minimum Gasteiger partial charge on any atom is -0.307 e. The van der Waals surface area contributed by atoms with Gasteiger partial charge in [-0.2, -0.15) is 5.10 Å². The van der Waals surface area contributed by atoms with Gasteiger partial charge in [0.05, 0.1) is 11.2 Å². The van der Waals surface area contributed by atoms with E-state index in [1.165, 1.54) is 23.4 Å². The van der Waals surface area contributed by atoms with Gasteiger partial charge >= 0.3 is 0 Å². The van der Waals surface area contributed by atoms with Gasteiger partial charge in [0.2, 0.25) is 0 Å². The molecule has 1 aromatic carbocycles. The number of nitrogens with zero attached hydrogens (tertiary/aromatic N) is 2. The van der Waals surface area contributed by atoms with Gasteiger partial charge in [0.25, 0.3) is 0 Å². The Bertz CT molecular complexity index is 729.